The summed E-state index contributed by atoms with van der Waals surface area (Å²) in [5, 5.41) is 7.76. The van der Waals surface area contributed by atoms with E-state index in [-0.39, 0.29) is 24.5 Å². The van der Waals surface area contributed by atoms with E-state index in [2.05, 4.69) is 10.6 Å². The van der Waals surface area contributed by atoms with Crippen LogP contribution in [0.2, 0.25) is 0 Å². The van der Waals surface area contributed by atoms with Gasteiger partial charge in [-0.05, 0) is 36.1 Å². The van der Waals surface area contributed by atoms with E-state index in [0.717, 1.165) is 16.3 Å². The van der Waals surface area contributed by atoms with Gasteiger partial charge in [0.25, 0.3) is 11.8 Å². The van der Waals surface area contributed by atoms with Gasteiger partial charge in [-0.1, -0.05) is 78.9 Å². The fourth-order valence-corrected chi connectivity index (χ4v) is 3.54. The summed E-state index contributed by atoms with van der Waals surface area (Å²) >= 11 is 0. The number of carbonyl (C=O) groups is 2. The number of nitrogens with one attached hydrogen (secondary N) is 2. The van der Waals surface area contributed by atoms with Crippen LogP contribution in [0.3, 0.4) is 0 Å². The van der Waals surface area contributed by atoms with Crippen LogP contribution in [-0.2, 0) is 4.79 Å². The first kappa shape index (κ1) is 21.1. The maximum atomic E-state index is 12.9. The molecule has 0 aromatic heterocycles. The molecule has 5 nitrogen and oxygen atoms in total. The lowest BCUT2D eigenvalue weighted by Crippen LogP contribution is -2.28. The third kappa shape index (κ3) is 4.95. The largest absolute Gasteiger partial charge is 0.483 e. The molecule has 160 valence electrons. The van der Waals surface area contributed by atoms with Gasteiger partial charge in [0.05, 0.1) is 17.3 Å². The van der Waals surface area contributed by atoms with Gasteiger partial charge in [-0.3, -0.25) is 9.59 Å². The number of rotatable bonds is 7. The zero-order chi connectivity index (χ0) is 22.3. The number of fused-ring (bicyclic) bond motifs is 1. The Balaban J connectivity index is 1.42. The lowest BCUT2D eigenvalue weighted by Gasteiger charge is -2.16. The Hall–Kier alpha value is -4.12. The third-order valence-corrected chi connectivity index (χ3v) is 5.20. The average Bonchev–Trinajstić information content (AvgIpc) is 2.83. The van der Waals surface area contributed by atoms with Crippen molar-refractivity contribution in [1.82, 2.24) is 5.32 Å². The van der Waals surface area contributed by atoms with Crippen molar-refractivity contribution >= 4 is 28.3 Å². The Labute approximate surface area is 187 Å². The Morgan fingerprint density at radius 2 is 1.50 bits per heavy atom. The predicted octanol–water partition coefficient (Wildman–Crippen LogP) is 5.35. The first-order chi connectivity index (χ1) is 15.6. The smallest absolute Gasteiger partial charge is 0.262 e. The fraction of sp³-hybridized carbons (Fsp3) is 0.111. The highest BCUT2D eigenvalue weighted by Gasteiger charge is 2.16. The van der Waals surface area contributed by atoms with Gasteiger partial charge in [-0.25, -0.2) is 0 Å². The molecular weight excluding hydrogens is 400 g/mol. The number of anilines is 1. The van der Waals surface area contributed by atoms with E-state index in [0.29, 0.717) is 17.0 Å². The fourth-order valence-electron chi connectivity index (χ4n) is 3.54. The summed E-state index contributed by atoms with van der Waals surface area (Å²) in [6.07, 6.45) is 0. The van der Waals surface area contributed by atoms with E-state index < -0.39 is 0 Å². The number of hydrogen-bond donors (Lipinski definition) is 2. The first-order valence-electron chi connectivity index (χ1n) is 10.5. The molecule has 0 radical (unpaired) electrons. The topological polar surface area (TPSA) is 67.4 Å². The number of ether oxygens (including phenoxy) is 1. The van der Waals surface area contributed by atoms with E-state index in [1.165, 1.54) is 0 Å². The van der Waals surface area contributed by atoms with Gasteiger partial charge >= 0.3 is 0 Å². The van der Waals surface area contributed by atoms with Crippen molar-refractivity contribution in [2.75, 3.05) is 11.9 Å². The number of para-hydroxylation sites is 1. The molecule has 0 bridgehead atoms. The Morgan fingerprint density at radius 3 is 2.34 bits per heavy atom. The quantitative estimate of drug-likeness (QED) is 0.420. The van der Waals surface area contributed by atoms with E-state index in [4.69, 9.17) is 4.74 Å². The van der Waals surface area contributed by atoms with Gasteiger partial charge in [-0.2, -0.15) is 0 Å². The van der Waals surface area contributed by atoms with Crippen LogP contribution >= 0.6 is 0 Å². The second kappa shape index (κ2) is 9.79. The zero-order valence-electron chi connectivity index (χ0n) is 17.7. The molecule has 32 heavy (non-hydrogen) atoms. The van der Waals surface area contributed by atoms with Crippen molar-refractivity contribution in [3.8, 4) is 5.75 Å². The van der Waals surface area contributed by atoms with Crippen molar-refractivity contribution in [3.63, 3.8) is 0 Å². The number of amides is 2. The Bertz CT molecular complexity index is 1230. The lowest BCUT2D eigenvalue weighted by atomic mass is 10.1. The lowest BCUT2D eigenvalue weighted by molar-refractivity contribution is -0.118. The van der Waals surface area contributed by atoms with Crippen molar-refractivity contribution in [1.29, 1.82) is 0 Å². The number of hydrogen-bond acceptors (Lipinski definition) is 3. The van der Waals surface area contributed by atoms with Gasteiger partial charge in [0, 0.05) is 5.39 Å². The molecule has 0 aliphatic rings. The maximum Gasteiger partial charge on any atom is 0.262 e. The van der Waals surface area contributed by atoms with Gasteiger partial charge in [0.1, 0.15) is 5.75 Å². The highest BCUT2D eigenvalue weighted by atomic mass is 16.5. The van der Waals surface area contributed by atoms with Crippen LogP contribution in [0.25, 0.3) is 10.8 Å². The molecule has 4 aromatic rings. The summed E-state index contributed by atoms with van der Waals surface area (Å²) in [6, 6.07) is 30.1. The van der Waals surface area contributed by atoms with Crippen LogP contribution in [0, 0.1) is 0 Å². The van der Waals surface area contributed by atoms with Gasteiger partial charge in [0.2, 0.25) is 0 Å². The van der Waals surface area contributed by atoms with E-state index in [1.807, 2.05) is 79.7 Å². The monoisotopic (exact) mass is 424 g/mol. The summed E-state index contributed by atoms with van der Waals surface area (Å²) in [7, 11) is 0. The summed E-state index contributed by atoms with van der Waals surface area (Å²) in [5.41, 5.74) is 1.84. The van der Waals surface area contributed by atoms with Crippen LogP contribution in [-0.4, -0.2) is 18.4 Å². The molecule has 5 heteroatoms. The minimum absolute atomic E-state index is 0.162. The summed E-state index contributed by atoms with van der Waals surface area (Å²) in [5.74, 6) is 0.0440. The van der Waals surface area contributed by atoms with Crippen molar-refractivity contribution in [2.45, 2.75) is 13.0 Å². The highest BCUT2D eigenvalue weighted by molar-refractivity contribution is 6.04. The Kier molecular flexibility index (Phi) is 6.46. The number of benzene rings is 4. The molecule has 4 rings (SSSR count). The molecule has 0 heterocycles. The van der Waals surface area contributed by atoms with Crippen molar-refractivity contribution in [3.05, 3.63) is 108 Å². The molecule has 2 amide bonds. The SMILES string of the molecule is CC(NC(=O)c1ccccc1NC(=O)COc1cccc2ccccc12)c1ccccc1. The molecular formula is C27H24N2O3. The van der Waals surface area contributed by atoms with Crippen LogP contribution in [0.4, 0.5) is 5.69 Å². The molecule has 1 unspecified atom stereocenters. The van der Waals surface area contributed by atoms with Crippen LogP contribution in [0.5, 0.6) is 5.75 Å². The minimum atomic E-state index is -0.339. The second-order valence-electron chi connectivity index (χ2n) is 7.47. The van der Waals surface area contributed by atoms with Gasteiger partial charge in [-0.15, -0.1) is 0 Å². The molecule has 0 saturated carbocycles. The van der Waals surface area contributed by atoms with Gasteiger partial charge in [0.15, 0.2) is 6.61 Å². The molecule has 2 N–H and O–H groups in total. The van der Waals surface area contributed by atoms with Crippen molar-refractivity contribution < 1.29 is 14.3 Å². The molecule has 0 saturated heterocycles. The van der Waals surface area contributed by atoms with E-state index in [1.54, 1.807) is 24.3 Å². The highest BCUT2D eigenvalue weighted by Crippen LogP contribution is 2.25. The molecule has 0 aliphatic carbocycles. The summed E-state index contributed by atoms with van der Waals surface area (Å²) in [4.78, 5) is 25.4. The maximum absolute atomic E-state index is 12.9. The van der Waals surface area contributed by atoms with Crippen LogP contribution < -0.4 is 15.4 Å². The standard InChI is InChI=1S/C27H24N2O3/c1-19(20-10-3-2-4-11-20)28-27(31)23-15-7-8-16-24(23)29-26(30)18-32-25-17-9-13-21-12-5-6-14-22(21)25/h2-17,19H,18H2,1H3,(H,28,31)(H,29,30). The van der Waals surface area contributed by atoms with E-state index in [9.17, 15) is 9.59 Å². The van der Waals surface area contributed by atoms with Crippen molar-refractivity contribution in [2.24, 2.45) is 0 Å². The predicted molar refractivity (Wildman–Crippen MR) is 127 cm³/mol. The molecule has 1 atom stereocenters. The molecule has 0 fully saturated rings. The average molecular weight is 425 g/mol. The number of carbonyl (C=O) groups excluding carboxylic acids is 2. The summed E-state index contributed by atoms with van der Waals surface area (Å²) < 4.78 is 5.76. The third-order valence-electron chi connectivity index (χ3n) is 5.20. The minimum Gasteiger partial charge on any atom is -0.483 e. The molecule has 4 aromatic carbocycles. The normalized spacial score (nSPS) is 11.5. The zero-order valence-corrected chi connectivity index (χ0v) is 17.7. The van der Waals surface area contributed by atoms with Crippen LogP contribution in [0.15, 0.2) is 97.1 Å². The molecule has 0 aliphatic heterocycles. The second-order valence-corrected chi connectivity index (χ2v) is 7.47. The van der Waals surface area contributed by atoms with E-state index >= 15 is 0 Å². The first-order valence-corrected chi connectivity index (χ1v) is 10.5. The molecule has 0 spiro atoms. The summed E-state index contributed by atoms with van der Waals surface area (Å²) in [6.45, 7) is 1.76. The van der Waals surface area contributed by atoms with Gasteiger partial charge < -0.3 is 15.4 Å². The van der Waals surface area contributed by atoms with Crippen LogP contribution in [0.1, 0.15) is 28.9 Å². The Morgan fingerprint density at radius 1 is 0.812 bits per heavy atom.